The maximum atomic E-state index is 2.45. The summed E-state index contributed by atoms with van der Waals surface area (Å²) in [5, 5.41) is 0.974. The van der Waals surface area contributed by atoms with Crippen molar-refractivity contribution >= 4 is 11.8 Å². The highest BCUT2D eigenvalue weighted by atomic mass is 32.2. The Morgan fingerprint density at radius 3 is 3.30 bits per heavy atom. The first kappa shape index (κ1) is 6.78. The molecule has 0 spiro atoms. The maximum absolute atomic E-state index is 2.45. The fraction of sp³-hybridized carbons (Fsp3) is 0.778. The van der Waals surface area contributed by atoms with Gasteiger partial charge < -0.3 is 0 Å². The van der Waals surface area contributed by atoms with Gasteiger partial charge in [-0.05, 0) is 37.9 Å². The van der Waals surface area contributed by atoms with Crippen LogP contribution in [0, 0.1) is 5.92 Å². The first-order valence-electron chi connectivity index (χ1n) is 4.14. The largest absolute Gasteiger partial charge is 0.158 e. The molecule has 1 heteroatoms. The molecule has 0 nitrogen and oxygen atoms in total. The lowest BCUT2D eigenvalue weighted by Gasteiger charge is -2.32. The second kappa shape index (κ2) is 2.61. The minimum Gasteiger partial charge on any atom is -0.158 e. The van der Waals surface area contributed by atoms with Crippen LogP contribution in [-0.4, -0.2) is 11.0 Å². The zero-order valence-corrected chi connectivity index (χ0v) is 7.29. The van der Waals surface area contributed by atoms with Gasteiger partial charge in [-0.25, -0.2) is 0 Å². The van der Waals surface area contributed by atoms with E-state index in [4.69, 9.17) is 0 Å². The molecule has 0 amide bonds. The lowest BCUT2D eigenvalue weighted by Crippen LogP contribution is -2.22. The number of hydrogen-bond donors (Lipinski definition) is 0. The van der Waals surface area contributed by atoms with Gasteiger partial charge >= 0.3 is 0 Å². The molecule has 2 atom stereocenters. The van der Waals surface area contributed by atoms with Crippen LogP contribution in [0.5, 0.6) is 0 Å². The van der Waals surface area contributed by atoms with Crippen LogP contribution >= 0.6 is 11.8 Å². The Hall–Kier alpha value is 0.0900. The van der Waals surface area contributed by atoms with Gasteiger partial charge in [-0.2, -0.15) is 11.8 Å². The molecule has 0 N–H and O–H groups in total. The number of thioether (sulfide) groups is 1. The fourth-order valence-corrected chi connectivity index (χ4v) is 3.30. The van der Waals surface area contributed by atoms with Gasteiger partial charge in [-0.15, -0.1) is 0 Å². The van der Waals surface area contributed by atoms with E-state index in [1.54, 1.807) is 5.57 Å². The van der Waals surface area contributed by atoms with Crippen LogP contribution in [-0.2, 0) is 0 Å². The summed E-state index contributed by atoms with van der Waals surface area (Å²) in [6, 6.07) is 0. The summed E-state index contributed by atoms with van der Waals surface area (Å²) in [5.41, 5.74) is 1.66. The highest BCUT2D eigenvalue weighted by molar-refractivity contribution is 7.99. The average molecular weight is 154 g/mol. The molecule has 10 heavy (non-hydrogen) atoms. The van der Waals surface area contributed by atoms with Crippen molar-refractivity contribution in [3.63, 3.8) is 0 Å². The number of fused-ring (bicyclic) bond motifs is 2. The summed E-state index contributed by atoms with van der Waals surface area (Å²) < 4.78 is 0. The van der Waals surface area contributed by atoms with Crippen LogP contribution in [0.15, 0.2) is 11.6 Å². The highest BCUT2D eigenvalue weighted by Gasteiger charge is 2.25. The maximum Gasteiger partial charge on any atom is 0.00873 e. The van der Waals surface area contributed by atoms with Crippen molar-refractivity contribution in [1.82, 2.24) is 0 Å². The van der Waals surface area contributed by atoms with E-state index in [-0.39, 0.29) is 0 Å². The summed E-state index contributed by atoms with van der Waals surface area (Å²) >= 11 is 2.18. The molecule has 1 aliphatic carbocycles. The van der Waals surface area contributed by atoms with Gasteiger partial charge in [-0.1, -0.05) is 11.6 Å². The van der Waals surface area contributed by atoms with Crippen LogP contribution in [0.3, 0.4) is 0 Å². The molecule has 1 fully saturated rings. The fourth-order valence-electron chi connectivity index (χ4n) is 1.94. The van der Waals surface area contributed by atoms with Crippen molar-refractivity contribution in [3.05, 3.63) is 11.6 Å². The smallest absolute Gasteiger partial charge is 0.00873 e. The molecular formula is C9H14S. The third-order valence-electron chi connectivity index (χ3n) is 2.71. The van der Waals surface area contributed by atoms with E-state index in [0.29, 0.717) is 0 Å². The second-order valence-electron chi connectivity index (χ2n) is 3.40. The SMILES string of the molecule is CC1=CC[C@@H]2C[C@H]1CCS2. The average Bonchev–Trinajstić information content (AvgIpc) is 1.99. The highest BCUT2D eigenvalue weighted by Crippen LogP contribution is 2.39. The van der Waals surface area contributed by atoms with E-state index in [1.165, 1.54) is 25.0 Å². The summed E-state index contributed by atoms with van der Waals surface area (Å²) in [4.78, 5) is 0. The number of hydrogen-bond acceptors (Lipinski definition) is 1. The van der Waals surface area contributed by atoms with Crippen LogP contribution in [0.4, 0.5) is 0 Å². The van der Waals surface area contributed by atoms with E-state index < -0.39 is 0 Å². The van der Waals surface area contributed by atoms with E-state index in [2.05, 4.69) is 24.8 Å². The molecule has 0 aromatic rings. The third-order valence-corrected chi connectivity index (χ3v) is 4.04. The molecule has 2 bridgehead atoms. The van der Waals surface area contributed by atoms with Crippen molar-refractivity contribution in [2.24, 2.45) is 5.92 Å². The first-order chi connectivity index (χ1) is 4.86. The normalized spacial score (nSPS) is 39.1. The molecule has 1 saturated heterocycles. The van der Waals surface area contributed by atoms with Crippen molar-refractivity contribution in [2.45, 2.75) is 31.4 Å². The molecular weight excluding hydrogens is 140 g/mol. The summed E-state index contributed by atoms with van der Waals surface area (Å²) in [6.45, 7) is 2.30. The van der Waals surface area contributed by atoms with Gasteiger partial charge in [-0.3, -0.25) is 0 Å². The summed E-state index contributed by atoms with van der Waals surface area (Å²) in [7, 11) is 0. The Balaban J connectivity index is 2.15. The predicted octanol–water partition coefficient (Wildman–Crippen LogP) is 2.85. The van der Waals surface area contributed by atoms with Gasteiger partial charge in [0.1, 0.15) is 0 Å². The van der Waals surface area contributed by atoms with Crippen molar-refractivity contribution in [1.29, 1.82) is 0 Å². The van der Waals surface area contributed by atoms with Crippen LogP contribution in [0.25, 0.3) is 0 Å². The molecule has 0 saturated carbocycles. The molecule has 2 rings (SSSR count). The Bertz CT molecular complexity index is 160. The van der Waals surface area contributed by atoms with Crippen molar-refractivity contribution < 1.29 is 0 Å². The van der Waals surface area contributed by atoms with E-state index in [1.807, 2.05) is 0 Å². The summed E-state index contributed by atoms with van der Waals surface area (Å²) in [5.74, 6) is 2.36. The van der Waals surface area contributed by atoms with Gasteiger partial charge in [0.25, 0.3) is 0 Å². The lowest BCUT2D eigenvalue weighted by molar-refractivity contribution is 0.493. The molecule has 0 unspecified atom stereocenters. The molecule has 56 valence electrons. The zero-order valence-electron chi connectivity index (χ0n) is 6.47. The topological polar surface area (TPSA) is 0 Å². The van der Waals surface area contributed by atoms with Crippen molar-refractivity contribution in [3.8, 4) is 0 Å². The molecule has 1 aliphatic heterocycles. The van der Waals surface area contributed by atoms with Crippen LogP contribution in [0.2, 0.25) is 0 Å². The van der Waals surface area contributed by atoms with Gasteiger partial charge in [0, 0.05) is 5.25 Å². The Kier molecular flexibility index (Phi) is 1.77. The van der Waals surface area contributed by atoms with Gasteiger partial charge in [0.05, 0.1) is 0 Å². The van der Waals surface area contributed by atoms with Crippen LogP contribution < -0.4 is 0 Å². The number of allylic oxidation sites excluding steroid dienone is 2. The molecule has 0 aromatic carbocycles. The van der Waals surface area contributed by atoms with Crippen molar-refractivity contribution in [2.75, 3.05) is 5.75 Å². The monoisotopic (exact) mass is 154 g/mol. The standard InChI is InChI=1S/C9H14S/c1-7-2-3-9-6-8(7)4-5-10-9/h2,8-9H,3-6H2,1H3/t8-,9-/m1/s1. The zero-order chi connectivity index (χ0) is 6.97. The number of rotatable bonds is 0. The third kappa shape index (κ3) is 1.12. The lowest BCUT2D eigenvalue weighted by atomic mass is 9.86. The van der Waals surface area contributed by atoms with E-state index in [0.717, 1.165) is 11.2 Å². The minimum atomic E-state index is 0.958. The molecule has 1 heterocycles. The van der Waals surface area contributed by atoms with Gasteiger partial charge in [0.2, 0.25) is 0 Å². The quantitative estimate of drug-likeness (QED) is 0.483. The minimum absolute atomic E-state index is 0.958. The summed E-state index contributed by atoms with van der Waals surface area (Å²) in [6.07, 6.45) is 6.69. The Labute approximate surface area is 67.1 Å². The van der Waals surface area contributed by atoms with Crippen LogP contribution in [0.1, 0.15) is 26.2 Å². The van der Waals surface area contributed by atoms with E-state index in [9.17, 15) is 0 Å². The van der Waals surface area contributed by atoms with Gasteiger partial charge in [0.15, 0.2) is 0 Å². The Morgan fingerprint density at radius 2 is 2.50 bits per heavy atom. The molecule has 2 aliphatic rings. The Morgan fingerprint density at radius 1 is 1.60 bits per heavy atom. The predicted molar refractivity (Wildman–Crippen MR) is 47.3 cm³/mol. The second-order valence-corrected chi connectivity index (χ2v) is 4.81. The molecule has 0 radical (unpaired) electrons. The molecule has 0 aromatic heterocycles. The van der Waals surface area contributed by atoms with E-state index >= 15 is 0 Å². The first-order valence-corrected chi connectivity index (χ1v) is 5.19.